The van der Waals surface area contributed by atoms with E-state index in [4.69, 9.17) is 5.73 Å². The number of aryl methyl sites for hydroxylation is 2. The smallest absolute Gasteiger partial charge is 0.145 e. The van der Waals surface area contributed by atoms with E-state index in [9.17, 15) is 5.26 Å². The summed E-state index contributed by atoms with van der Waals surface area (Å²) in [4.78, 5) is 2.17. The third kappa shape index (κ3) is 1.73. The van der Waals surface area contributed by atoms with Crippen LogP contribution in [-0.4, -0.2) is 9.78 Å². The molecule has 0 radical (unpaired) electrons. The van der Waals surface area contributed by atoms with E-state index in [1.165, 1.54) is 11.1 Å². The van der Waals surface area contributed by atoms with Crippen molar-refractivity contribution in [1.29, 1.82) is 5.26 Å². The van der Waals surface area contributed by atoms with Gasteiger partial charge in [-0.15, -0.1) is 0 Å². The molecule has 96 valence electrons. The van der Waals surface area contributed by atoms with Crippen molar-refractivity contribution in [2.75, 3.05) is 10.6 Å². The van der Waals surface area contributed by atoms with Gasteiger partial charge in [-0.05, 0) is 30.2 Å². The van der Waals surface area contributed by atoms with Gasteiger partial charge in [-0.25, -0.2) is 0 Å². The summed E-state index contributed by atoms with van der Waals surface area (Å²) in [6.45, 7) is 3.43. The fraction of sp³-hybridized carbons (Fsp3) is 0.286. The van der Waals surface area contributed by atoms with E-state index >= 15 is 0 Å². The highest BCUT2D eigenvalue weighted by atomic mass is 15.4. The van der Waals surface area contributed by atoms with E-state index in [0.29, 0.717) is 5.56 Å². The van der Waals surface area contributed by atoms with Crippen molar-refractivity contribution in [2.45, 2.75) is 20.0 Å². The Labute approximate surface area is 111 Å². The number of nitrogen functional groups attached to an aromatic ring is 1. The minimum Gasteiger partial charge on any atom is -0.399 e. The van der Waals surface area contributed by atoms with E-state index in [-0.39, 0.29) is 0 Å². The molecule has 1 aromatic heterocycles. The first-order chi connectivity index (χ1) is 9.10. The third-order valence-electron chi connectivity index (χ3n) is 3.56. The summed E-state index contributed by atoms with van der Waals surface area (Å²) in [7, 11) is 1.88. The molecule has 3 rings (SSSR count). The summed E-state index contributed by atoms with van der Waals surface area (Å²) >= 11 is 0. The number of anilines is 2. The Morgan fingerprint density at radius 1 is 1.32 bits per heavy atom. The minimum atomic E-state index is 0.656. The number of fused-ring (bicyclic) bond motifs is 1. The van der Waals surface area contributed by atoms with Crippen LogP contribution in [0.25, 0.3) is 0 Å². The van der Waals surface area contributed by atoms with Gasteiger partial charge >= 0.3 is 0 Å². The Hall–Kier alpha value is -2.48. The summed E-state index contributed by atoms with van der Waals surface area (Å²) in [5.41, 5.74) is 10.5. The fourth-order valence-corrected chi connectivity index (χ4v) is 2.70. The maximum Gasteiger partial charge on any atom is 0.145 e. The van der Waals surface area contributed by atoms with Crippen molar-refractivity contribution >= 4 is 11.5 Å². The number of aromatic nitrogens is 2. The number of hydrogen-bond acceptors (Lipinski definition) is 4. The average Bonchev–Trinajstić information content (AvgIpc) is 2.88. The van der Waals surface area contributed by atoms with Crippen LogP contribution in [0.4, 0.5) is 11.5 Å². The van der Waals surface area contributed by atoms with Crippen molar-refractivity contribution in [2.24, 2.45) is 7.05 Å². The zero-order valence-electron chi connectivity index (χ0n) is 11.0. The van der Waals surface area contributed by atoms with Crippen LogP contribution in [0, 0.1) is 18.3 Å². The molecule has 1 aliphatic rings. The van der Waals surface area contributed by atoms with E-state index in [2.05, 4.69) is 22.1 Å². The van der Waals surface area contributed by atoms with Crippen LogP contribution in [0.2, 0.25) is 0 Å². The topological polar surface area (TPSA) is 70.9 Å². The van der Waals surface area contributed by atoms with Crippen LogP contribution in [0.1, 0.15) is 22.4 Å². The molecule has 0 saturated heterocycles. The third-order valence-corrected chi connectivity index (χ3v) is 3.56. The van der Waals surface area contributed by atoms with Gasteiger partial charge in [-0.3, -0.25) is 4.68 Å². The Morgan fingerprint density at radius 3 is 2.79 bits per heavy atom. The van der Waals surface area contributed by atoms with Gasteiger partial charge in [0, 0.05) is 25.8 Å². The summed E-state index contributed by atoms with van der Waals surface area (Å²) in [5, 5.41) is 13.6. The van der Waals surface area contributed by atoms with Crippen LogP contribution in [0.3, 0.4) is 0 Å². The maximum absolute atomic E-state index is 9.28. The molecule has 0 amide bonds. The molecule has 0 spiro atoms. The first-order valence-corrected chi connectivity index (χ1v) is 6.16. The monoisotopic (exact) mass is 253 g/mol. The predicted molar refractivity (Wildman–Crippen MR) is 73.4 cm³/mol. The predicted octanol–water partition coefficient (Wildman–Crippen LogP) is 1.70. The molecule has 0 saturated carbocycles. The lowest BCUT2D eigenvalue weighted by Gasteiger charge is -2.17. The van der Waals surface area contributed by atoms with Crippen molar-refractivity contribution in [3.05, 3.63) is 40.6 Å². The van der Waals surface area contributed by atoms with Crippen molar-refractivity contribution in [3.8, 4) is 6.07 Å². The van der Waals surface area contributed by atoms with Gasteiger partial charge in [0.1, 0.15) is 17.5 Å². The molecule has 2 aromatic rings. The van der Waals surface area contributed by atoms with Crippen LogP contribution in [0.5, 0.6) is 0 Å². The zero-order chi connectivity index (χ0) is 13.6. The second-order valence-corrected chi connectivity index (χ2v) is 4.90. The second kappa shape index (κ2) is 4.02. The molecule has 5 nitrogen and oxygen atoms in total. The van der Waals surface area contributed by atoms with Crippen LogP contribution >= 0.6 is 0 Å². The molecule has 19 heavy (non-hydrogen) atoms. The van der Waals surface area contributed by atoms with Gasteiger partial charge in [0.2, 0.25) is 0 Å². The fourth-order valence-electron chi connectivity index (χ4n) is 2.70. The minimum absolute atomic E-state index is 0.656. The van der Waals surface area contributed by atoms with Gasteiger partial charge < -0.3 is 10.6 Å². The molecule has 0 unspecified atom stereocenters. The maximum atomic E-state index is 9.28. The van der Waals surface area contributed by atoms with Crippen LogP contribution in [-0.2, 0) is 20.1 Å². The molecule has 5 heteroatoms. The Kier molecular flexibility index (Phi) is 2.46. The number of hydrogen-bond donors (Lipinski definition) is 1. The molecular weight excluding hydrogens is 238 g/mol. The molecular formula is C14H15N5. The highest BCUT2D eigenvalue weighted by molar-refractivity contribution is 5.60. The Bertz CT molecular complexity index is 693. The normalized spacial score (nSPS) is 13.4. The highest BCUT2D eigenvalue weighted by Crippen LogP contribution is 2.32. The van der Waals surface area contributed by atoms with Gasteiger partial charge in [0.05, 0.1) is 5.69 Å². The quantitative estimate of drug-likeness (QED) is 0.785. The van der Waals surface area contributed by atoms with Gasteiger partial charge in [0.25, 0.3) is 0 Å². The molecule has 2 N–H and O–H groups in total. The zero-order valence-corrected chi connectivity index (χ0v) is 11.0. The van der Waals surface area contributed by atoms with Gasteiger partial charge in [0.15, 0.2) is 0 Å². The number of nitriles is 1. The summed E-state index contributed by atoms with van der Waals surface area (Å²) < 4.78 is 1.78. The number of nitrogens with zero attached hydrogens (tertiary/aromatic N) is 4. The van der Waals surface area contributed by atoms with E-state index in [1.54, 1.807) is 4.68 Å². The molecule has 2 heterocycles. The first kappa shape index (κ1) is 11.6. The highest BCUT2D eigenvalue weighted by Gasteiger charge is 2.25. The van der Waals surface area contributed by atoms with Crippen molar-refractivity contribution in [1.82, 2.24) is 9.78 Å². The molecule has 1 aliphatic heterocycles. The van der Waals surface area contributed by atoms with Crippen LogP contribution < -0.4 is 10.6 Å². The standard InChI is InChI=1S/C14H15N5/c1-9-13(6-15)14(18(2)17-9)19-7-10-3-4-12(16)5-11(10)8-19/h3-5H,7-8,16H2,1-2H3. The van der Waals surface area contributed by atoms with E-state index < -0.39 is 0 Å². The van der Waals surface area contributed by atoms with Crippen molar-refractivity contribution < 1.29 is 0 Å². The number of rotatable bonds is 1. The molecule has 1 aromatic carbocycles. The van der Waals surface area contributed by atoms with Crippen molar-refractivity contribution in [3.63, 3.8) is 0 Å². The van der Waals surface area contributed by atoms with Crippen LogP contribution in [0.15, 0.2) is 18.2 Å². The Balaban J connectivity index is 2.02. The van der Waals surface area contributed by atoms with Gasteiger partial charge in [-0.2, -0.15) is 10.4 Å². The summed E-state index contributed by atoms with van der Waals surface area (Å²) in [6.07, 6.45) is 0. The molecule has 0 bridgehead atoms. The lowest BCUT2D eigenvalue weighted by atomic mass is 10.1. The van der Waals surface area contributed by atoms with Gasteiger partial charge in [-0.1, -0.05) is 6.07 Å². The first-order valence-electron chi connectivity index (χ1n) is 6.16. The largest absolute Gasteiger partial charge is 0.399 e. The summed E-state index contributed by atoms with van der Waals surface area (Å²) in [5.74, 6) is 0.884. The van der Waals surface area contributed by atoms with E-state index in [0.717, 1.165) is 30.3 Å². The number of nitrogens with two attached hydrogens (primary N) is 1. The summed E-state index contributed by atoms with van der Waals surface area (Å²) in [6, 6.07) is 8.23. The lowest BCUT2D eigenvalue weighted by Crippen LogP contribution is -2.18. The average molecular weight is 253 g/mol. The lowest BCUT2D eigenvalue weighted by molar-refractivity contribution is 0.715. The molecule has 0 atom stereocenters. The molecule has 0 fully saturated rings. The SMILES string of the molecule is Cc1nn(C)c(N2Cc3ccc(N)cc3C2)c1C#N. The Morgan fingerprint density at radius 2 is 2.05 bits per heavy atom. The number of benzene rings is 1. The molecule has 0 aliphatic carbocycles. The second-order valence-electron chi connectivity index (χ2n) is 4.90. The van der Waals surface area contributed by atoms with E-state index in [1.807, 2.05) is 26.1 Å².